The molecule has 1 amide bonds. The molecular formula is C8H6BrN3O3. The lowest BCUT2D eigenvalue weighted by atomic mass is 10.4. The zero-order chi connectivity index (χ0) is 10.8. The molecule has 0 aliphatic carbocycles. The summed E-state index contributed by atoms with van der Waals surface area (Å²) in [5.41, 5.74) is 0. The first-order valence-corrected chi connectivity index (χ1v) is 4.80. The van der Waals surface area contributed by atoms with Crippen LogP contribution in [0.15, 0.2) is 25.6 Å². The Morgan fingerprint density at radius 3 is 2.87 bits per heavy atom. The van der Waals surface area contributed by atoms with Gasteiger partial charge < -0.3 is 8.83 Å². The van der Waals surface area contributed by atoms with Gasteiger partial charge in [-0.2, -0.15) is 0 Å². The number of halogens is 1. The van der Waals surface area contributed by atoms with E-state index in [1.165, 1.54) is 6.26 Å². The molecule has 7 heteroatoms. The maximum absolute atomic E-state index is 11.5. The van der Waals surface area contributed by atoms with Crippen molar-refractivity contribution in [3.05, 3.63) is 28.5 Å². The third-order valence-corrected chi connectivity index (χ3v) is 2.19. The van der Waals surface area contributed by atoms with Gasteiger partial charge in [-0.25, -0.2) is 0 Å². The van der Waals surface area contributed by atoms with Gasteiger partial charge in [0.05, 0.1) is 10.7 Å². The van der Waals surface area contributed by atoms with E-state index in [2.05, 4.69) is 31.4 Å². The Labute approximate surface area is 92.8 Å². The van der Waals surface area contributed by atoms with E-state index in [0.717, 1.165) is 0 Å². The monoisotopic (exact) mass is 271 g/mol. The molecule has 0 aliphatic rings. The lowest BCUT2D eigenvalue weighted by Gasteiger charge is -1.96. The van der Waals surface area contributed by atoms with Gasteiger partial charge in [-0.05, 0) is 22.0 Å². The maximum Gasteiger partial charge on any atom is 0.322 e. The Kier molecular flexibility index (Phi) is 2.55. The Morgan fingerprint density at radius 2 is 2.33 bits per heavy atom. The van der Waals surface area contributed by atoms with Crippen LogP contribution in [0.3, 0.4) is 0 Å². The Balaban J connectivity index is 2.14. The summed E-state index contributed by atoms with van der Waals surface area (Å²) < 4.78 is 10.5. The summed E-state index contributed by atoms with van der Waals surface area (Å²) in [6.45, 7) is 1.63. The van der Waals surface area contributed by atoms with Crippen molar-refractivity contribution in [2.45, 2.75) is 6.92 Å². The number of aromatic nitrogens is 2. The van der Waals surface area contributed by atoms with Crippen LogP contribution in [-0.4, -0.2) is 16.1 Å². The molecule has 0 saturated carbocycles. The number of nitrogens with zero attached hydrogens (tertiary/aromatic N) is 2. The van der Waals surface area contributed by atoms with Gasteiger partial charge in [-0.1, -0.05) is 5.10 Å². The van der Waals surface area contributed by atoms with E-state index in [9.17, 15) is 4.79 Å². The number of hydrogen-bond acceptors (Lipinski definition) is 5. The summed E-state index contributed by atoms with van der Waals surface area (Å²) in [4.78, 5) is 11.5. The topological polar surface area (TPSA) is 81.2 Å². The number of carbonyl (C=O) groups excluding carboxylic acids is 1. The highest BCUT2D eigenvalue weighted by Crippen LogP contribution is 2.18. The van der Waals surface area contributed by atoms with Crippen LogP contribution < -0.4 is 5.32 Å². The molecule has 15 heavy (non-hydrogen) atoms. The summed E-state index contributed by atoms with van der Waals surface area (Å²) in [5, 5.41) is 9.59. The second-order valence-corrected chi connectivity index (χ2v) is 3.53. The first-order valence-electron chi connectivity index (χ1n) is 4.01. The number of amides is 1. The van der Waals surface area contributed by atoms with Crippen LogP contribution in [0.25, 0.3) is 0 Å². The zero-order valence-corrected chi connectivity index (χ0v) is 9.24. The van der Waals surface area contributed by atoms with Crippen molar-refractivity contribution in [3.63, 3.8) is 0 Å². The molecule has 0 fully saturated rings. The minimum Gasteiger partial charge on any atom is -0.458 e. The highest BCUT2D eigenvalue weighted by Gasteiger charge is 2.16. The number of aryl methyl sites for hydroxylation is 1. The predicted octanol–water partition coefficient (Wildman–Crippen LogP) is 1.99. The molecule has 0 spiro atoms. The molecule has 0 unspecified atom stereocenters. The summed E-state index contributed by atoms with van der Waals surface area (Å²) in [5.74, 6) is 0.0881. The first kappa shape index (κ1) is 9.91. The molecule has 2 heterocycles. The summed E-state index contributed by atoms with van der Waals surface area (Å²) in [6.07, 6.45) is 1.40. The fourth-order valence-electron chi connectivity index (χ4n) is 0.957. The van der Waals surface area contributed by atoms with E-state index in [-0.39, 0.29) is 11.8 Å². The molecule has 0 radical (unpaired) electrons. The van der Waals surface area contributed by atoms with Crippen molar-refractivity contribution in [1.82, 2.24) is 10.2 Å². The molecule has 0 saturated heterocycles. The molecular weight excluding hydrogens is 266 g/mol. The van der Waals surface area contributed by atoms with E-state index in [0.29, 0.717) is 10.4 Å². The third kappa shape index (κ3) is 2.07. The molecule has 0 aliphatic heterocycles. The Hall–Kier alpha value is -1.63. The van der Waals surface area contributed by atoms with Gasteiger partial charge in [0.2, 0.25) is 11.7 Å². The van der Waals surface area contributed by atoms with Crippen molar-refractivity contribution in [1.29, 1.82) is 0 Å². The normalized spacial score (nSPS) is 10.3. The van der Waals surface area contributed by atoms with Crippen LogP contribution in [0.5, 0.6) is 0 Å². The average molecular weight is 272 g/mol. The molecule has 0 aromatic carbocycles. The van der Waals surface area contributed by atoms with Crippen molar-refractivity contribution in [2.24, 2.45) is 0 Å². The van der Waals surface area contributed by atoms with Gasteiger partial charge in [0.1, 0.15) is 0 Å². The van der Waals surface area contributed by atoms with E-state index in [1.807, 2.05) is 0 Å². The second-order valence-electron chi connectivity index (χ2n) is 2.68. The van der Waals surface area contributed by atoms with Crippen molar-refractivity contribution >= 4 is 27.9 Å². The fourth-order valence-corrected chi connectivity index (χ4v) is 1.34. The van der Waals surface area contributed by atoms with E-state index < -0.39 is 5.91 Å². The standard InChI is InChI=1S/C8H6BrN3O3/c1-4-11-12-8(15-4)10-7(13)6-5(9)2-3-14-6/h2-3H,1H3,(H,10,12,13). The van der Waals surface area contributed by atoms with Crippen LogP contribution in [0.4, 0.5) is 6.01 Å². The van der Waals surface area contributed by atoms with Gasteiger partial charge in [-0.15, -0.1) is 5.10 Å². The SMILES string of the molecule is Cc1nnc(NC(=O)c2occc2Br)o1. The maximum atomic E-state index is 11.5. The summed E-state index contributed by atoms with van der Waals surface area (Å²) >= 11 is 3.16. The van der Waals surface area contributed by atoms with E-state index in [4.69, 9.17) is 8.83 Å². The summed E-state index contributed by atoms with van der Waals surface area (Å²) in [7, 11) is 0. The van der Waals surface area contributed by atoms with Gasteiger partial charge >= 0.3 is 6.01 Å². The number of hydrogen-bond donors (Lipinski definition) is 1. The first-order chi connectivity index (χ1) is 7.16. The zero-order valence-electron chi connectivity index (χ0n) is 7.65. The van der Waals surface area contributed by atoms with E-state index >= 15 is 0 Å². The van der Waals surface area contributed by atoms with Crippen molar-refractivity contribution in [3.8, 4) is 0 Å². The number of nitrogens with one attached hydrogen (secondary N) is 1. The second kappa shape index (κ2) is 3.85. The molecule has 0 atom stereocenters. The Morgan fingerprint density at radius 1 is 1.53 bits per heavy atom. The van der Waals surface area contributed by atoms with Crippen molar-refractivity contribution in [2.75, 3.05) is 5.32 Å². The highest BCUT2D eigenvalue weighted by molar-refractivity contribution is 9.10. The van der Waals surface area contributed by atoms with Gasteiger partial charge in [0.25, 0.3) is 5.91 Å². The summed E-state index contributed by atoms with van der Waals surface area (Å²) in [6, 6.07) is 1.66. The van der Waals surface area contributed by atoms with Gasteiger partial charge in [-0.3, -0.25) is 10.1 Å². The third-order valence-electron chi connectivity index (χ3n) is 1.57. The molecule has 2 rings (SSSR count). The molecule has 1 N–H and O–H groups in total. The molecule has 0 bridgehead atoms. The number of furan rings is 1. The molecule has 78 valence electrons. The van der Waals surface area contributed by atoms with Gasteiger partial charge in [0, 0.05) is 6.92 Å². The van der Waals surface area contributed by atoms with Crippen LogP contribution in [0.2, 0.25) is 0 Å². The molecule has 2 aromatic heterocycles. The Bertz CT molecular complexity index is 491. The van der Waals surface area contributed by atoms with Gasteiger partial charge in [0.15, 0.2) is 0 Å². The van der Waals surface area contributed by atoms with Crippen molar-refractivity contribution < 1.29 is 13.6 Å². The lowest BCUT2D eigenvalue weighted by molar-refractivity contribution is 0.0992. The minimum atomic E-state index is -0.449. The molecule has 6 nitrogen and oxygen atoms in total. The fraction of sp³-hybridized carbons (Fsp3) is 0.125. The highest BCUT2D eigenvalue weighted by atomic mass is 79.9. The van der Waals surface area contributed by atoms with Crippen LogP contribution >= 0.6 is 15.9 Å². The number of carbonyl (C=O) groups is 1. The largest absolute Gasteiger partial charge is 0.458 e. The molecule has 2 aromatic rings. The quantitative estimate of drug-likeness (QED) is 0.903. The van der Waals surface area contributed by atoms with Crippen LogP contribution in [0, 0.1) is 6.92 Å². The van der Waals surface area contributed by atoms with Crippen LogP contribution in [0.1, 0.15) is 16.4 Å². The van der Waals surface area contributed by atoms with E-state index in [1.54, 1.807) is 13.0 Å². The number of anilines is 1. The number of rotatable bonds is 2. The predicted molar refractivity (Wildman–Crippen MR) is 53.4 cm³/mol. The minimum absolute atomic E-state index is 0.0424. The average Bonchev–Trinajstić information content (AvgIpc) is 2.75. The smallest absolute Gasteiger partial charge is 0.322 e. The van der Waals surface area contributed by atoms with Crippen LogP contribution in [-0.2, 0) is 0 Å². The lowest BCUT2D eigenvalue weighted by Crippen LogP contribution is -2.11.